The first-order valence-corrected chi connectivity index (χ1v) is 6.04. The second-order valence-corrected chi connectivity index (χ2v) is 4.09. The van der Waals surface area contributed by atoms with Gasteiger partial charge >= 0.3 is 5.97 Å². The summed E-state index contributed by atoms with van der Waals surface area (Å²) in [6, 6.07) is 5.37. The predicted molar refractivity (Wildman–Crippen MR) is 72.3 cm³/mol. The lowest BCUT2D eigenvalue weighted by molar-refractivity contribution is -0.132. The highest BCUT2D eigenvalue weighted by Crippen LogP contribution is 2.24. The molecule has 0 saturated heterocycles. The molecule has 0 spiro atoms. The summed E-state index contributed by atoms with van der Waals surface area (Å²) in [5, 5.41) is 17.8. The summed E-state index contributed by atoms with van der Waals surface area (Å²) in [6.45, 7) is 4.11. The molecular formula is C14H13N3O3. The number of aliphatic carboxylic acids is 1. The Morgan fingerprint density at radius 3 is 3.00 bits per heavy atom. The summed E-state index contributed by atoms with van der Waals surface area (Å²) in [5.74, 6) is -0.964. The lowest BCUT2D eigenvalue weighted by atomic mass is 10.2. The number of carboxylic acids is 1. The molecule has 0 saturated carbocycles. The van der Waals surface area contributed by atoms with Crippen LogP contribution in [0, 0.1) is 18.3 Å². The lowest BCUT2D eigenvalue weighted by Crippen LogP contribution is -2.00. The molecule has 2 heterocycles. The molecule has 2 rings (SSSR count). The standard InChI is InChI=1S/C14H13N3O3/c1-3-20-13-11(7-10(8-15)14(18)19)17-6-4-5-9(2)12(17)16-13/h4-7H,3H2,1-2H3,(H,18,19)/b10-7+. The van der Waals surface area contributed by atoms with Crippen LogP contribution < -0.4 is 4.74 Å². The zero-order valence-corrected chi connectivity index (χ0v) is 11.1. The average Bonchev–Trinajstić information content (AvgIpc) is 2.75. The number of carbonyl (C=O) groups is 1. The van der Waals surface area contributed by atoms with Crippen LogP contribution in [0.1, 0.15) is 18.2 Å². The van der Waals surface area contributed by atoms with Crippen LogP contribution in [0.2, 0.25) is 0 Å². The molecule has 2 aromatic heterocycles. The van der Waals surface area contributed by atoms with E-state index in [1.807, 2.05) is 26.0 Å². The van der Waals surface area contributed by atoms with Crippen molar-refractivity contribution in [3.8, 4) is 11.9 Å². The van der Waals surface area contributed by atoms with Gasteiger partial charge in [-0.05, 0) is 31.6 Å². The number of nitriles is 1. The topological polar surface area (TPSA) is 87.6 Å². The van der Waals surface area contributed by atoms with Crippen molar-refractivity contribution in [2.45, 2.75) is 13.8 Å². The van der Waals surface area contributed by atoms with E-state index in [9.17, 15) is 4.79 Å². The van der Waals surface area contributed by atoms with Crippen LogP contribution in [-0.4, -0.2) is 27.1 Å². The van der Waals surface area contributed by atoms with Crippen LogP contribution >= 0.6 is 0 Å². The molecule has 20 heavy (non-hydrogen) atoms. The van der Waals surface area contributed by atoms with Gasteiger partial charge in [0, 0.05) is 6.20 Å². The second kappa shape index (κ2) is 5.45. The molecule has 0 fully saturated rings. The number of nitrogens with zero attached hydrogens (tertiary/aromatic N) is 3. The van der Waals surface area contributed by atoms with Crippen molar-refractivity contribution >= 4 is 17.7 Å². The van der Waals surface area contributed by atoms with Crippen LogP contribution in [0.15, 0.2) is 23.9 Å². The zero-order chi connectivity index (χ0) is 14.7. The first-order chi connectivity index (χ1) is 9.58. The molecule has 0 amide bonds. The number of imidazole rings is 1. The third-order valence-electron chi connectivity index (χ3n) is 2.76. The number of hydrogen-bond acceptors (Lipinski definition) is 4. The fraction of sp³-hybridized carbons (Fsp3) is 0.214. The van der Waals surface area contributed by atoms with Crippen LogP contribution in [0.3, 0.4) is 0 Å². The second-order valence-electron chi connectivity index (χ2n) is 4.09. The molecule has 0 aliphatic carbocycles. The Morgan fingerprint density at radius 2 is 2.40 bits per heavy atom. The molecule has 6 nitrogen and oxygen atoms in total. The summed E-state index contributed by atoms with van der Waals surface area (Å²) in [5.41, 5.74) is 1.69. The van der Waals surface area contributed by atoms with E-state index in [4.69, 9.17) is 15.1 Å². The van der Waals surface area contributed by atoms with Gasteiger partial charge in [0.1, 0.15) is 23.0 Å². The summed E-state index contributed by atoms with van der Waals surface area (Å²) >= 11 is 0. The van der Waals surface area contributed by atoms with Gasteiger partial charge in [0.2, 0.25) is 5.88 Å². The van der Waals surface area contributed by atoms with E-state index in [0.717, 1.165) is 5.56 Å². The van der Waals surface area contributed by atoms with Gasteiger partial charge in [-0.25, -0.2) is 4.79 Å². The molecule has 0 radical (unpaired) electrons. The third kappa shape index (κ3) is 2.34. The normalized spacial score (nSPS) is 11.3. The minimum Gasteiger partial charge on any atom is -0.477 e. The van der Waals surface area contributed by atoms with Gasteiger partial charge in [0.25, 0.3) is 0 Å². The molecule has 102 valence electrons. The SMILES string of the molecule is CCOc1nc2c(C)cccn2c1/C=C(\C#N)C(=O)O. The molecule has 0 atom stereocenters. The van der Waals surface area contributed by atoms with Crippen LogP contribution in [-0.2, 0) is 4.79 Å². The maximum absolute atomic E-state index is 11.0. The highest BCUT2D eigenvalue weighted by atomic mass is 16.5. The van der Waals surface area contributed by atoms with Crippen LogP contribution in [0.5, 0.6) is 5.88 Å². The first-order valence-electron chi connectivity index (χ1n) is 6.04. The molecule has 0 aromatic carbocycles. The smallest absolute Gasteiger partial charge is 0.346 e. The van der Waals surface area contributed by atoms with Gasteiger partial charge in [0.15, 0.2) is 0 Å². The number of carboxylic acid groups (broad SMARTS) is 1. The molecule has 0 unspecified atom stereocenters. The van der Waals surface area contributed by atoms with Gasteiger partial charge in [-0.15, -0.1) is 0 Å². The van der Waals surface area contributed by atoms with Gasteiger partial charge in [-0.1, -0.05) is 6.07 Å². The molecule has 0 bridgehead atoms. The predicted octanol–water partition coefficient (Wildman–Crippen LogP) is 2.03. The Morgan fingerprint density at radius 1 is 1.65 bits per heavy atom. The summed E-state index contributed by atoms with van der Waals surface area (Å²) in [6.07, 6.45) is 3.02. The summed E-state index contributed by atoms with van der Waals surface area (Å²) in [4.78, 5) is 15.3. The number of hydrogen-bond donors (Lipinski definition) is 1. The van der Waals surface area contributed by atoms with Gasteiger partial charge in [-0.2, -0.15) is 10.2 Å². The largest absolute Gasteiger partial charge is 0.477 e. The van der Waals surface area contributed by atoms with E-state index in [1.165, 1.54) is 6.08 Å². The van der Waals surface area contributed by atoms with E-state index < -0.39 is 5.97 Å². The Hall–Kier alpha value is -2.81. The highest BCUT2D eigenvalue weighted by Gasteiger charge is 2.15. The number of fused-ring (bicyclic) bond motifs is 1. The van der Waals surface area contributed by atoms with Crippen molar-refractivity contribution in [1.82, 2.24) is 9.38 Å². The van der Waals surface area contributed by atoms with E-state index in [0.29, 0.717) is 23.8 Å². The third-order valence-corrected chi connectivity index (χ3v) is 2.76. The van der Waals surface area contributed by atoms with Crippen molar-refractivity contribution < 1.29 is 14.6 Å². The van der Waals surface area contributed by atoms with E-state index in [1.54, 1.807) is 16.7 Å². The fourth-order valence-electron chi connectivity index (χ4n) is 1.85. The van der Waals surface area contributed by atoms with Crippen molar-refractivity contribution in [3.63, 3.8) is 0 Å². The van der Waals surface area contributed by atoms with E-state index in [2.05, 4.69) is 4.98 Å². The van der Waals surface area contributed by atoms with Crippen molar-refractivity contribution in [1.29, 1.82) is 5.26 Å². The maximum Gasteiger partial charge on any atom is 0.346 e. The Balaban J connectivity index is 2.73. The fourth-order valence-corrected chi connectivity index (χ4v) is 1.85. The van der Waals surface area contributed by atoms with Crippen molar-refractivity contribution in [2.75, 3.05) is 6.61 Å². The van der Waals surface area contributed by atoms with Crippen LogP contribution in [0.25, 0.3) is 11.7 Å². The Labute approximate surface area is 115 Å². The quantitative estimate of drug-likeness (QED) is 0.679. The summed E-state index contributed by atoms with van der Waals surface area (Å²) in [7, 11) is 0. The molecule has 2 aromatic rings. The van der Waals surface area contributed by atoms with Crippen molar-refractivity contribution in [2.24, 2.45) is 0 Å². The van der Waals surface area contributed by atoms with Crippen LogP contribution in [0.4, 0.5) is 0 Å². The van der Waals surface area contributed by atoms with Gasteiger partial charge in [-0.3, -0.25) is 4.40 Å². The summed E-state index contributed by atoms with van der Waals surface area (Å²) < 4.78 is 7.13. The van der Waals surface area contributed by atoms with E-state index in [-0.39, 0.29) is 5.57 Å². The highest BCUT2D eigenvalue weighted by molar-refractivity contribution is 5.96. The molecule has 0 aliphatic heterocycles. The molecular weight excluding hydrogens is 258 g/mol. The number of aromatic nitrogens is 2. The Bertz CT molecular complexity index is 738. The van der Waals surface area contributed by atoms with Gasteiger partial charge in [0.05, 0.1) is 6.61 Å². The number of ether oxygens (including phenoxy) is 1. The molecule has 6 heteroatoms. The molecule has 0 aliphatic rings. The lowest BCUT2D eigenvalue weighted by Gasteiger charge is -2.01. The van der Waals surface area contributed by atoms with Gasteiger partial charge < -0.3 is 9.84 Å². The monoisotopic (exact) mass is 271 g/mol. The number of aryl methyl sites for hydroxylation is 1. The first kappa shape index (κ1) is 13.6. The number of pyridine rings is 1. The zero-order valence-electron chi connectivity index (χ0n) is 11.1. The maximum atomic E-state index is 11.0. The minimum atomic E-state index is -1.28. The number of rotatable bonds is 4. The average molecular weight is 271 g/mol. The minimum absolute atomic E-state index is 0.316. The van der Waals surface area contributed by atoms with Crippen molar-refractivity contribution in [3.05, 3.63) is 35.2 Å². The van der Waals surface area contributed by atoms with E-state index >= 15 is 0 Å². The molecule has 1 N–H and O–H groups in total. The Kier molecular flexibility index (Phi) is 3.71.